The van der Waals surface area contributed by atoms with E-state index in [1.165, 1.54) is 99.1 Å². The number of aromatic nitrogens is 2. The van der Waals surface area contributed by atoms with Crippen LogP contribution in [0.2, 0.25) is 0 Å². The highest BCUT2D eigenvalue weighted by molar-refractivity contribution is 6.13. The predicted molar refractivity (Wildman–Crippen MR) is 245 cm³/mol. The van der Waals surface area contributed by atoms with Crippen LogP contribution in [-0.2, 0) is 0 Å². The van der Waals surface area contributed by atoms with Crippen molar-refractivity contribution in [2.45, 2.75) is 6.92 Å². The summed E-state index contributed by atoms with van der Waals surface area (Å²) in [5, 5.41) is 7.53. The summed E-state index contributed by atoms with van der Waals surface area (Å²) in [4.78, 5) is 0. The van der Waals surface area contributed by atoms with E-state index < -0.39 is 0 Å². The van der Waals surface area contributed by atoms with Crippen molar-refractivity contribution < 1.29 is 0 Å². The van der Waals surface area contributed by atoms with Crippen molar-refractivity contribution in [2.24, 2.45) is 0 Å². The van der Waals surface area contributed by atoms with Gasteiger partial charge in [-0.3, -0.25) is 0 Å². The third-order valence-electron chi connectivity index (χ3n) is 11.1. The molecule has 0 aliphatic heterocycles. The molecule has 2 heteroatoms. The summed E-state index contributed by atoms with van der Waals surface area (Å²) in [6.07, 6.45) is 1.75. The molecule has 0 saturated carbocycles. The van der Waals surface area contributed by atoms with Crippen LogP contribution in [0, 0.1) is 0 Å². The minimum Gasteiger partial charge on any atom is -0.309 e. The molecular formula is C55H40N2. The van der Waals surface area contributed by atoms with Crippen molar-refractivity contribution in [1.29, 1.82) is 0 Å². The third kappa shape index (κ3) is 5.82. The Morgan fingerprint density at radius 3 is 1.53 bits per heavy atom. The second kappa shape index (κ2) is 14.3. The molecular weight excluding hydrogens is 689 g/mol. The van der Waals surface area contributed by atoms with Crippen molar-refractivity contribution in [3.8, 4) is 44.8 Å². The van der Waals surface area contributed by atoms with E-state index >= 15 is 0 Å². The molecule has 0 aliphatic carbocycles. The first-order chi connectivity index (χ1) is 28.2. The molecule has 0 fully saturated rings. The molecule has 0 aliphatic rings. The summed E-state index contributed by atoms with van der Waals surface area (Å²) in [6, 6.07) is 75.2. The van der Waals surface area contributed by atoms with Crippen LogP contribution in [0.25, 0.3) is 99.1 Å². The molecule has 57 heavy (non-hydrogen) atoms. The van der Waals surface area contributed by atoms with E-state index in [0.29, 0.717) is 0 Å². The lowest BCUT2D eigenvalue weighted by molar-refractivity contribution is 1.18. The highest BCUT2D eigenvalue weighted by atomic mass is 15.0. The first-order valence-electron chi connectivity index (χ1n) is 19.6. The number of fused-ring (bicyclic) bond motifs is 7. The third-order valence-corrected chi connectivity index (χ3v) is 11.1. The minimum atomic E-state index is 1.17. The largest absolute Gasteiger partial charge is 0.309 e. The van der Waals surface area contributed by atoms with Gasteiger partial charge in [0.15, 0.2) is 0 Å². The Morgan fingerprint density at radius 2 is 0.825 bits per heavy atom. The Labute approximate surface area is 332 Å². The molecule has 0 radical (unpaired) electrons. The molecule has 2 nitrogen and oxygen atoms in total. The molecule has 0 amide bonds. The maximum absolute atomic E-state index is 3.36. The smallest absolute Gasteiger partial charge is 0.0541 e. The van der Waals surface area contributed by atoms with Crippen molar-refractivity contribution >= 4 is 54.4 Å². The Bertz CT molecular complexity index is 3260. The van der Waals surface area contributed by atoms with Gasteiger partial charge in [-0.05, 0) is 106 Å². The number of hydrogen-bond acceptors (Lipinski definition) is 0. The molecule has 0 unspecified atom stereocenters. The van der Waals surface area contributed by atoms with Gasteiger partial charge < -0.3 is 9.13 Å². The molecule has 11 rings (SSSR count). The summed E-state index contributed by atoms with van der Waals surface area (Å²) in [5.74, 6) is 0. The lowest BCUT2D eigenvalue weighted by Gasteiger charge is -2.15. The van der Waals surface area contributed by atoms with Gasteiger partial charge >= 0.3 is 0 Å². The van der Waals surface area contributed by atoms with Crippen LogP contribution in [0.15, 0.2) is 219 Å². The van der Waals surface area contributed by atoms with E-state index in [-0.39, 0.29) is 0 Å². The van der Waals surface area contributed by atoms with E-state index in [2.05, 4.69) is 222 Å². The van der Waals surface area contributed by atoms with E-state index in [1.54, 1.807) is 6.08 Å². The lowest BCUT2D eigenvalue weighted by atomic mass is 9.94. The van der Waals surface area contributed by atoms with Crippen LogP contribution in [0.3, 0.4) is 0 Å². The summed E-state index contributed by atoms with van der Waals surface area (Å²) in [7, 11) is 0. The number of hydrogen-bond donors (Lipinski definition) is 0. The maximum Gasteiger partial charge on any atom is 0.0541 e. The van der Waals surface area contributed by atoms with E-state index in [1.807, 2.05) is 6.92 Å². The van der Waals surface area contributed by atoms with E-state index in [4.69, 9.17) is 0 Å². The predicted octanol–water partition coefficient (Wildman–Crippen LogP) is 15.2. The molecule has 0 N–H and O–H groups in total. The topological polar surface area (TPSA) is 9.86 Å². The molecule has 0 atom stereocenters. The summed E-state index contributed by atoms with van der Waals surface area (Å²) in [6.45, 7) is 5.25. The van der Waals surface area contributed by atoms with Gasteiger partial charge in [0.2, 0.25) is 0 Å². The Hall–Kier alpha value is -7.42. The van der Waals surface area contributed by atoms with Crippen molar-refractivity contribution in [2.75, 3.05) is 0 Å². The molecule has 270 valence electrons. The van der Waals surface area contributed by atoms with Gasteiger partial charge in [-0.1, -0.05) is 152 Å². The zero-order valence-electron chi connectivity index (χ0n) is 31.8. The van der Waals surface area contributed by atoms with Crippen LogP contribution in [0.5, 0.6) is 0 Å². The monoisotopic (exact) mass is 728 g/mol. The van der Waals surface area contributed by atoms with Crippen molar-refractivity contribution in [1.82, 2.24) is 9.13 Å². The van der Waals surface area contributed by atoms with Gasteiger partial charge in [0, 0.05) is 32.8 Å². The normalized spacial score (nSPS) is 11.3. The van der Waals surface area contributed by atoms with Gasteiger partial charge in [-0.15, -0.1) is 6.58 Å². The number of allylic oxidation sites excluding steroid dienone is 1. The number of benzene rings is 9. The SMILES string of the molecule is C=CC.c1ccc(-n2c3ccccc3c3cc(-c4ccc5c(c4)c4ccccc4n5-c4ccccc4-c4cccc(-c5cccc6ccccc56)c4)ccc32)cc1. The molecule has 0 spiro atoms. The zero-order chi connectivity index (χ0) is 38.3. The molecule has 9 aromatic carbocycles. The maximum atomic E-state index is 3.36. The first kappa shape index (κ1) is 34.1. The summed E-state index contributed by atoms with van der Waals surface area (Å²) >= 11 is 0. The summed E-state index contributed by atoms with van der Waals surface area (Å²) < 4.78 is 4.82. The second-order valence-corrected chi connectivity index (χ2v) is 14.5. The standard InChI is InChI=1S/C52H34N2.C3H6/c1-2-18-40(19-3-1)53-49-26-10-7-22-44(49)46-33-36(28-30-51(46)53)37-29-31-52-47(34-37)45-23-8-11-27-50(45)54(52)48-25-9-6-21-43(48)39-17-12-16-38(32-39)42-24-13-15-35-14-4-5-20-41(35)42;1-3-2/h1-34H;3H,1H2,2H3. The van der Waals surface area contributed by atoms with Crippen molar-refractivity contribution in [3.63, 3.8) is 0 Å². The molecule has 11 aromatic rings. The molecule has 2 aromatic heterocycles. The Kier molecular flexibility index (Phi) is 8.58. The highest BCUT2D eigenvalue weighted by Gasteiger charge is 2.18. The minimum absolute atomic E-state index is 1.17. The van der Waals surface area contributed by atoms with Gasteiger partial charge in [0.1, 0.15) is 0 Å². The van der Waals surface area contributed by atoms with E-state index in [0.717, 1.165) is 0 Å². The Morgan fingerprint density at radius 1 is 0.351 bits per heavy atom. The van der Waals surface area contributed by atoms with Gasteiger partial charge in [-0.2, -0.15) is 0 Å². The quantitative estimate of drug-likeness (QED) is 0.156. The molecule has 0 saturated heterocycles. The average molecular weight is 729 g/mol. The number of rotatable bonds is 5. The molecule has 2 heterocycles. The second-order valence-electron chi connectivity index (χ2n) is 14.5. The van der Waals surface area contributed by atoms with Crippen molar-refractivity contribution in [3.05, 3.63) is 219 Å². The fourth-order valence-corrected chi connectivity index (χ4v) is 8.66. The van der Waals surface area contributed by atoms with Gasteiger partial charge in [-0.25, -0.2) is 0 Å². The van der Waals surface area contributed by atoms with Crippen LogP contribution in [0.1, 0.15) is 6.92 Å². The zero-order valence-corrected chi connectivity index (χ0v) is 31.8. The lowest BCUT2D eigenvalue weighted by Crippen LogP contribution is -1.97. The van der Waals surface area contributed by atoms with Crippen LogP contribution < -0.4 is 0 Å². The van der Waals surface area contributed by atoms with Gasteiger partial charge in [0.05, 0.1) is 27.8 Å². The first-order valence-corrected chi connectivity index (χ1v) is 19.6. The fraction of sp³-hybridized carbons (Fsp3) is 0.0182. The average Bonchev–Trinajstić information content (AvgIpc) is 3.79. The van der Waals surface area contributed by atoms with Crippen LogP contribution >= 0.6 is 0 Å². The highest BCUT2D eigenvalue weighted by Crippen LogP contribution is 2.40. The summed E-state index contributed by atoms with van der Waals surface area (Å²) in [5.41, 5.74) is 14.4. The number of para-hydroxylation sites is 4. The molecule has 0 bridgehead atoms. The van der Waals surface area contributed by atoms with Crippen LogP contribution in [-0.4, -0.2) is 9.13 Å². The number of nitrogens with zero attached hydrogens (tertiary/aromatic N) is 2. The Balaban J connectivity index is 0.00000128. The van der Waals surface area contributed by atoms with E-state index in [9.17, 15) is 0 Å². The van der Waals surface area contributed by atoms with Crippen LogP contribution in [0.4, 0.5) is 0 Å². The fourth-order valence-electron chi connectivity index (χ4n) is 8.66. The van der Waals surface area contributed by atoms with Gasteiger partial charge in [0.25, 0.3) is 0 Å².